The van der Waals surface area contributed by atoms with Crippen LogP contribution in [-0.4, -0.2) is 52.6 Å². The molecule has 1 fully saturated rings. The third kappa shape index (κ3) is 5.31. The zero-order chi connectivity index (χ0) is 19.2. The molecule has 27 heavy (non-hydrogen) atoms. The standard InChI is InChI=1S/C21H28IN5/c1-3-4-5-20-24-19(14-23)21(22)27(20)16-18-8-6-17(7-9-18)15-26-12-10-25(2)11-13-26/h6-9H,3-5,10-13,15-16H2,1-2H3. The van der Waals surface area contributed by atoms with E-state index in [1.807, 2.05) is 0 Å². The molecule has 2 aromatic rings. The van der Waals surface area contributed by atoms with Crippen molar-refractivity contribution < 1.29 is 0 Å². The Bertz CT molecular complexity index is 782. The van der Waals surface area contributed by atoms with Crippen molar-refractivity contribution in [3.8, 4) is 6.07 Å². The Morgan fingerprint density at radius 3 is 2.30 bits per heavy atom. The van der Waals surface area contributed by atoms with Crippen LogP contribution in [0.2, 0.25) is 0 Å². The van der Waals surface area contributed by atoms with Crippen molar-refractivity contribution in [3.05, 3.63) is 50.6 Å². The second-order valence-electron chi connectivity index (χ2n) is 7.36. The molecule has 0 aliphatic carbocycles. The molecule has 0 atom stereocenters. The monoisotopic (exact) mass is 477 g/mol. The van der Waals surface area contributed by atoms with Gasteiger partial charge < -0.3 is 9.47 Å². The number of hydrogen-bond acceptors (Lipinski definition) is 4. The molecule has 1 aromatic heterocycles. The van der Waals surface area contributed by atoms with Crippen molar-refractivity contribution in [1.82, 2.24) is 19.4 Å². The molecule has 0 saturated carbocycles. The van der Waals surface area contributed by atoms with Gasteiger partial charge in [-0.05, 0) is 47.2 Å². The molecular formula is C21H28IN5. The number of nitrogens with zero attached hydrogens (tertiary/aromatic N) is 5. The number of imidazole rings is 1. The molecular weight excluding hydrogens is 449 g/mol. The summed E-state index contributed by atoms with van der Waals surface area (Å²) in [5.74, 6) is 1.03. The van der Waals surface area contributed by atoms with Gasteiger partial charge in [0.2, 0.25) is 0 Å². The molecule has 1 aliphatic heterocycles. The van der Waals surface area contributed by atoms with Crippen molar-refractivity contribution in [3.63, 3.8) is 0 Å². The van der Waals surface area contributed by atoms with Crippen molar-refractivity contribution in [2.45, 2.75) is 39.3 Å². The van der Waals surface area contributed by atoms with Crippen LogP contribution in [0.15, 0.2) is 24.3 Å². The average molecular weight is 477 g/mol. The normalized spacial score (nSPS) is 15.8. The molecule has 0 N–H and O–H groups in total. The minimum Gasteiger partial charge on any atom is -0.318 e. The number of aryl methyl sites for hydroxylation is 1. The Kier molecular flexibility index (Phi) is 7.27. The summed E-state index contributed by atoms with van der Waals surface area (Å²) >= 11 is 2.25. The number of likely N-dealkylation sites (N-methyl/N-ethyl adjacent to an activating group) is 1. The highest BCUT2D eigenvalue weighted by Crippen LogP contribution is 2.19. The third-order valence-electron chi connectivity index (χ3n) is 5.21. The van der Waals surface area contributed by atoms with E-state index in [2.05, 4.69) is 86.2 Å². The summed E-state index contributed by atoms with van der Waals surface area (Å²) in [4.78, 5) is 9.46. The fourth-order valence-corrected chi connectivity index (χ4v) is 4.12. The summed E-state index contributed by atoms with van der Waals surface area (Å²) in [5, 5.41) is 9.32. The maximum absolute atomic E-state index is 9.32. The predicted molar refractivity (Wildman–Crippen MR) is 117 cm³/mol. The highest BCUT2D eigenvalue weighted by molar-refractivity contribution is 14.1. The van der Waals surface area contributed by atoms with E-state index in [0.29, 0.717) is 5.69 Å². The van der Waals surface area contributed by atoms with Crippen LogP contribution < -0.4 is 0 Å². The van der Waals surface area contributed by atoms with Gasteiger partial charge in [-0.1, -0.05) is 37.6 Å². The maximum atomic E-state index is 9.32. The minimum atomic E-state index is 0.549. The Morgan fingerprint density at radius 2 is 1.70 bits per heavy atom. The van der Waals surface area contributed by atoms with E-state index in [1.165, 1.54) is 11.1 Å². The van der Waals surface area contributed by atoms with Crippen LogP contribution in [0.25, 0.3) is 0 Å². The third-order valence-corrected chi connectivity index (χ3v) is 6.30. The molecule has 144 valence electrons. The largest absolute Gasteiger partial charge is 0.318 e. The molecule has 5 nitrogen and oxygen atoms in total. The molecule has 0 radical (unpaired) electrons. The lowest BCUT2D eigenvalue weighted by Gasteiger charge is -2.32. The lowest BCUT2D eigenvalue weighted by molar-refractivity contribution is 0.148. The number of unbranched alkanes of at least 4 members (excludes halogenated alkanes) is 1. The SMILES string of the molecule is CCCCc1nc(C#N)c(I)n1Cc1ccc(CN2CCN(C)CC2)cc1. The van der Waals surface area contributed by atoms with Crippen LogP contribution in [0.3, 0.4) is 0 Å². The van der Waals surface area contributed by atoms with Crippen molar-refractivity contribution >= 4 is 22.6 Å². The Hall–Kier alpha value is -1.43. The molecule has 1 aromatic carbocycles. The number of piperazine rings is 1. The van der Waals surface area contributed by atoms with Gasteiger partial charge in [0.25, 0.3) is 0 Å². The van der Waals surface area contributed by atoms with Crippen LogP contribution in [-0.2, 0) is 19.5 Å². The smallest absolute Gasteiger partial charge is 0.172 e. The molecule has 6 heteroatoms. The summed E-state index contributed by atoms with van der Waals surface area (Å²) in [5.41, 5.74) is 3.18. The predicted octanol–water partition coefficient (Wildman–Crippen LogP) is 3.50. The van der Waals surface area contributed by atoms with Gasteiger partial charge in [0.1, 0.15) is 15.6 Å². The van der Waals surface area contributed by atoms with Gasteiger partial charge >= 0.3 is 0 Å². The second-order valence-corrected chi connectivity index (χ2v) is 8.39. The van der Waals surface area contributed by atoms with Crippen LogP contribution >= 0.6 is 22.6 Å². The Morgan fingerprint density at radius 1 is 1.07 bits per heavy atom. The molecule has 0 amide bonds. The summed E-state index contributed by atoms with van der Waals surface area (Å²) < 4.78 is 3.15. The molecule has 1 aliphatic rings. The molecule has 1 saturated heterocycles. The number of aromatic nitrogens is 2. The fraction of sp³-hybridized carbons (Fsp3) is 0.524. The maximum Gasteiger partial charge on any atom is 0.172 e. The quantitative estimate of drug-likeness (QED) is 0.573. The first-order valence-corrected chi connectivity index (χ1v) is 10.8. The molecule has 2 heterocycles. The number of rotatable bonds is 7. The number of halogens is 1. The van der Waals surface area contributed by atoms with E-state index < -0.39 is 0 Å². The van der Waals surface area contributed by atoms with Crippen LogP contribution in [0.1, 0.15) is 42.4 Å². The van der Waals surface area contributed by atoms with Crippen LogP contribution in [0, 0.1) is 15.0 Å². The van der Waals surface area contributed by atoms with E-state index in [0.717, 1.165) is 68.1 Å². The van der Waals surface area contributed by atoms with E-state index >= 15 is 0 Å². The minimum absolute atomic E-state index is 0.549. The second kappa shape index (κ2) is 9.67. The van der Waals surface area contributed by atoms with Crippen molar-refractivity contribution in [2.24, 2.45) is 0 Å². The molecule has 0 spiro atoms. The van der Waals surface area contributed by atoms with Gasteiger partial charge in [0, 0.05) is 45.7 Å². The van der Waals surface area contributed by atoms with Crippen LogP contribution in [0.5, 0.6) is 0 Å². The van der Waals surface area contributed by atoms with Crippen molar-refractivity contribution in [2.75, 3.05) is 33.2 Å². The van der Waals surface area contributed by atoms with E-state index in [9.17, 15) is 5.26 Å². The van der Waals surface area contributed by atoms with E-state index in [-0.39, 0.29) is 0 Å². The number of benzene rings is 1. The topological polar surface area (TPSA) is 48.1 Å². The first kappa shape index (κ1) is 20.3. The van der Waals surface area contributed by atoms with Gasteiger partial charge in [-0.25, -0.2) is 4.98 Å². The summed E-state index contributed by atoms with van der Waals surface area (Å²) in [6.45, 7) is 8.57. The van der Waals surface area contributed by atoms with Crippen LogP contribution in [0.4, 0.5) is 0 Å². The fourth-order valence-electron chi connectivity index (χ4n) is 3.43. The van der Waals surface area contributed by atoms with Gasteiger partial charge in [0.05, 0.1) is 0 Å². The van der Waals surface area contributed by atoms with Gasteiger partial charge in [-0.15, -0.1) is 0 Å². The average Bonchev–Trinajstić information content (AvgIpc) is 2.98. The van der Waals surface area contributed by atoms with E-state index in [1.54, 1.807) is 0 Å². The summed E-state index contributed by atoms with van der Waals surface area (Å²) in [6, 6.07) is 11.2. The summed E-state index contributed by atoms with van der Waals surface area (Å²) in [7, 11) is 2.19. The lowest BCUT2D eigenvalue weighted by Crippen LogP contribution is -2.43. The Balaban J connectivity index is 1.67. The first-order chi connectivity index (χ1) is 13.1. The molecule has 0 bridgehead atoms. The zero-order valence-corrected chi connectivity index (χ0v) is 18.4. The first-order valence-electron chi connectivity index (χ1n) is 9.74. The lowest BCUT2D eigenvalue weighted by atomic mass is 10.1. The molecule has 3 rings (SSSR count). The zero-order valence-electron chi connectivity index (χ0n) is 16.3. The van der Waals surface area contributed by atoms with E-state index in [4.69, 9.17) is 0 Å². The highest BCUT2D eigenvalue weighted by Gasteiger charge is 2.16. The van der Waals surface area contributed by atoms with Crippen molar-refractivity contribution in [1.29, 1.82) is 5.26 Å². The summed E-state index contributed by atoms with van der Waals surface area (Å²) in [6.07, 6.45) is 3.16. The molecule has 0 unspecified atom stereocenters. The number of nitriles is 1. The van der Waals surface area contributed by atoms with Gasteiger partial charge in [-0.3, -0.25) is 4.90 Å². The van der Waals surface area contributed by atoms with Gasteiger partial charge in [0.15, 0.2) is 5.69 Å². The Labute approximate surface area is 176 Å². The highest BCUT2D eigenvalue weighted by atomic mass is 127. The number of hydrogen-bond donors (Lipinski definition) is 0. The van der Waals surface area contributed by atoms with Gasteiger partial charge in [-0.2, -0.15) is 5.26 Å².